The summed E-state index contributed by atoms with van der Waals surface area (Å²) in [4.78, 5) is 12.4. The van der Waals surface area contributed by atoms with E-state index >= 15 is 0 Å². The zero-order valence-corrected chi connectivity index (χ0v) is 11.1. The second-order valence-corrected chi connectivity index (χ2v) is 5.46. The van der Waals surface area contributed by atoms with Gasteiger partial charge in [-0.25, -0.2) is 0 Å². The molecule has 0 spiro atoms. The normalized spacial score (nSPS) is 12.8. The van der Waals surface area contributed by atoms with E-state index < -0.39 is 0 Å². The Balaban J connectivity index is 2.59. The number of hydrogen-bond acceptors (Lipinski definition) is 3. The number of nitrogens with two attached hydrogens (primary N) is 1. The van der Waals surface area contributed by atoms with E-state index in [-0.39, 0.29) is 11.9 Å². The van der Waals surface area contributed by atoms with Gasteiger partial charge in [0.15, 0.2) is 0 Å². The molecule has 0 aliphatic rings. The Morgan fingerprint density at radius 2 is 2.31 bits per heavy atom. The van der Waals surface area contributed by atoms with E-state index in [2.05, 4.69) is 19.2 Å². The largest absolute Gasteiger partial charge is 0.347 e. The maximum absolute atomic E-state index is 11.8. The number of halogens is 1. The molecule has 1 atom stereocenters. The van der Waals surface area contributed by atoms with Crippen molar-refractivity contribution in [1.82, 2.24) is 5.32 Å². The highest BCUT2D eigenvalue weighted by Crippen LogP contribution is 2.21. The lowest BCUT2D eigenvalue weighted by molar-refractivity contribution is 0.0938. The molecular formula is C11H17ClN2OS. The van der Waals surface area contributed by atoms with E-state index in [0.29, 0.717) is 22.4 Å². The molecule has 1 unspecified atom stereocenters. The van der Waals surface area contributed by atoms with Gasteiger partial charge in [-0.1, -0.05) is 25.4 Å². The van der Waals surface area contributed by atoms with Gasteiger partial charge in [0.1, 0.15) is 4.88 Å². The molecule has 0 aliphatic carbocycles. The fraction of sp³-hybridized carbons (Fsp3) is 0.545. The minimum absolute atomic E-state index is 0.0191. The molecule has 0 saturated carbocycles. The summed E-state index contributed by atoms with van der Waals surface area (Å²) in [6.07, 6.45) is 0.880. The van der Waals surface area contributed by atoms with Crippen molar-refractivity contribution in [2.75, 3.05) is 6.54 Å². The van der Waals surface area contributed by atoms with Crippen molar-refractivity contribution in [2.24, 2.45) is 11.7 Å². The molecule has 1 rings (SSSR count). The lowest BCUT2D eigenvalue weighted by atomic mass is 10.0. The van der Waals surface area contributed by atoms with Crippen LogP contribution in [0.2, 0.25) is 5.02 Å². The molecule has 0 radical (unpaired) electrons. The van der Waals surface area contributed by atoms with E-state index in [1.54, 1.807) is 11.4 Å². The maximum Gasteiger partial charge on any atom is 0.263 e. The van der Waals surface area contributed by atoms with Crippen LogP contribution in [0.5, 0.6) is 0 Å². The molecule has 16 heavy (non-hydrogen) atoms. The zero-order chi connectivity index (χ0) is 12.1. The van der Waals surface area contributed by atoms with E-state index in [4.69, 9.17) is 17.3 Å². The number of hydrogen-bond donors (Lipinski definition) is 2. The van der Waals surface area contributed by atoms with Gasteiger partial charge in [0, 0.05) is 12.6 Å². The van der Waals surface area contributed by atoms with Gasteiger partial charge in [0.05, 0.1) is 5.02 Å². The molecule has 0 bridgehead atoms. The molecule has 5 heteroatoms. The second kappa shape index (κ2) is 6.23. The van der Waals surface area contributed by atoms with Gasteiger partial charge >= 0.3 is 0 Å². The molecule has 90 valence electrons. The first-order valence-electron chi connectivity index (χ1n) is 5.28. The average molecular weight is 261 g/mol. The van der Waals surface area contributed by atoms with Crippen LogP contribution in [0, 0.1) is 5.92 Å². The molecular weight excluding hydrogens is 244 g/mol. The highest BCUT2D eigenvalue weighted by Gasteiger charge is 2.16. The molecule has 1 aromatic heterocycles. The molecule has 3 nitrogen and oxygen atoms in total. The van der Waals surface area contributed by atoms with Crippen LogP contribution in [0.15, 0.2) is 11.4 Å². The van der Waals surface area contributed by atoms with Crippen LogP contribution in [0.1, 0.15) is 29.9 Å². The lowest BCUT2D eigenvalue weighted by Gasteiger charge is -2.18. The Labute approximate surface area is 105 Å². The van der Waals surface area contributed by atoms with Crippen LogP contribution >= 0.6 is 22.9 Å². The fourth-order valence-electron chi connectivity index (χ4n) is 1.49. The molecule has 1 heterocycles. The third-order valence-corrected chi connectivity index (χ3v) is 3.54. The molecule has 0 aromatic carbocycles. The summed E-state index contributed by atoms with van der Waals surface area (Å²) in [6, 6.07) is 1.74. The monoisotopic (exact) mass is 260 g/mol. The number of carbonyl (C=O) groups excluding carboxylic acids is 1. The van der Waals surface area contributed by atoms with E-state index in [0.717, 1.165) is 6.42 Å². The quantitative estimate of drug-likeness (QED) is 0.855. The van der Waals surface area contributed by atoms with Gasteiger partial charge in [-0.2, -0.15) is 0 Å². The van der Waals surface area contributed by atoms with Crippen molar-refractivity contribution >= 4 is 28.8 Å². The first kappa shape index (κ1) is 13.5. The molecule has 1 amide bonds. The highest BCUT2D eigenvalue weighted by molar-refractivity contribution is 7.12. The van der Waals surface area contributed by atoms with E-state index in [1.165, 1.54) is 11.3 Å². The van der Waals surface area contributed by atoms with Crippen molar-refractivity contribution in [1.29, 1.82) is 0 Å². The van der Waals surface area contributed by atoms with Crippen molar-refractivity contribution in [2.45, 2.75) is 26.3 Å². The van der Waals surface area contributed by atoms with E-state index in [9.17, 15) is 4.79 Å². The van der Waals surface area contributed by atoms with Crippen LogP contribution in [0.3, 0.4) is 0 Å². The maximum atomic E-state index is 11.8. The fourth-order valence-corrected chi connectivity index (χ4v) is 2.53. The summed E-state index contributed by atoms with van der Waals surface area (Å²) >= 11 is 7.23. The van der Waals surface area contributed by atoms with Gasteiger partial charge in [-0.3, -0.25) is 4.79 Å². The zero-order valence-electron chi connectivity index (χ0n) is 9.50. The first-order valence-corrected chi connectivity index (χ1v) is 6.54. The molecule has 0 fully saturated rings. The standard InChI is InChI=1S/C11H17ClN2OS/c1-7(2)5-8(6-13)14-11(15)10-9(12)3-4-16-10/h3-4,7-8H,5-6,13H2,1-2H3,(H,14,15). The minimum atomic E-state index is -0.129. The van der Waals surface area contributed by atoms with Gasteiger partial charge in [-0.05, 0) is 23.8 Å². The highest BCUT2D eigenvalue weighted by atomic mass is 35.5. The Hall–Kier alpha value is -0.580. The topological polar surface area (TPSA) is 55.1 Å². The Morgan fingerprint density at radius 1 is 1.62 bits per heavy atom. The van der Waals surface area contributed by atoms with Crippen LogP contribution in [-0.2, 0) is 0 Å². The summed E-state index contributed by atoms with van der Waals surface area (Å²) in [6.45, 7) is 4.66. The predicted molar refractivity (Wildman–Crippen MR) is 69.1 cm³/mol. The number of nitrogens with one attached hydrogen (secondary N) is 1. The van der Waals surface area contributed by atoms with Crippen molar-refractivity contribution in [3.8, 4) is 0 Å². The van der Waals surface area contributed by atoms with Crippen LogP contribution < -0.4 is 11.1 Å². The Bertz CT molecular complexity index is 352. The summed E-state index contributed by atoms with van der Waals surface area (Å²) in [5, 5.41) is 5.21. The van der Waals surface area contributed by atoms with Gasteiger partial charge in [0.25, 0.3) is 5.91 Å². The van der Waals surface area contributed by atoms with Crippen molar-refractivity contribution < 1.29 is 4.79 Å². The Kier molecular flexibility index (Phi) is 5.25. The number of thiophene rings is 1. The van der Waals surface area contributed by atoms with Crippen LogP contribution in [-0.4, -0.2) is 18.5 Å². The number of rotatable bonds is 5. The van der Waals surface area contributed by atoms with Gasteiger partial charge < -0.3 is 11.1 Å². The van der Waals surface area contributed by atoms with Gasteiger partial charge in [-0.15, -0.1) is 11.3 Å². The summed E-state index contributed by atoms with van der Waals surface area (Å²) in [5.41, 5.74) is 5.62. The third-order valence-electron chi connectivity index (χ3n) is 2.20. The summed E-state index contributed by atoms with van der Waals surface area (Å²) < 4.78 is 0. The van der Waals surface area contributed by atoms with Crippen LogP contribution in [0.4, 0.5) is 0 Å². The second-order valence-electron chi connectivity index (χ2n) is 4.13. The third kappa shape index (κ3) is 3.77. The lowest BCUT2D eigenvalue weighted by Crippen LogP contribution is -2.40. The van der Waals surface area contributed by atoms with Crippen molar-refractivity contribution in [3.05, 3.63) is 21.3 Å². The minimum Gasteiger partial charge on any atom is -0.347 e. The predicted octanol–water partition coefficient (Wildman–Crippen LogP) is 2.50. The summed E-state index contributed by atoms with van der Waals surface area (Å²) in [7, 11) is 0. The first-order chi connectivity index (χ1) is 7.54. The van der Waals surface area contributed by atoms with Crippen LogP contribution in [0.25, 0.3) is 0 Å². The number of amides is 1. The molecule has 3 N–H and O–H groups in total. The van der Waals surface area contributed by atoms with Gasteiger partial charge in [0.2, 0.25) is 0 Å². The molecule has 1 aromatic rings. The Morgan fingerprint density at radius 3 is 2.75 bits per heavy atom. The average Bonchev–Trinajstić information content (AvgIpc) is 2.62. The smallest absolute Gasteiger partial charge is 0.263 e. The SMILES string of the molecule is CC(C)CC(CN)NC(=O)c1sccc1Cl. The molecule has 0 saturated heterocycles. The van der Waals surface area contributed by atoms with E-state index in [1.807, 2.05) is 0 Å². The summed E-state index contributed by atoms with van der Waals surface area (Å²) in [5.74, 6) is 0.378. The number of carbonyl (C=O) groups is 1. The van der Waals surface area contributed by atoms with Crippen molar-refractivity contribution in [3.63, 3.8) is 0 Å². The molecule has 0 aliphatic heterocycles.